The SMILES string of the molecule is CN(Cc1ccncc1)C(=O)c1ccccc1OCc1ccccc1Br. The highest BCUT2D eigenvalue weighted by Crippen LogP contribution is 2.23. The van der Waals surface area contributed by atoms with Crippen molar-refractivity contribution in [3.63, 3.8) is 0 Å². The molecule has 2 aromatic carbocycles. The van der Waals surface area contributed by atoms with Gasteiger partial charge in [0.2, 0.25) is 0 Å². The van der Waals surface area contributed by atoms with E-state index >= 15 is 0 Å². The molecule has 0 saturated heterocycles. The van der Waals surface area contributed by atoms with Gasteiger partial charge in [0.05, 0.1) is 5.56 Å². The maximum Gasteiger partial charge on any atom is 0.257 e. The van der Waals surface area contributed by atoms with Crippen LogP contribution in [0.1, 0.15) is 21.5 Å². The zero-order valence-corrected chi connectivity index (χ0v) is 16.0. The fourth-order valence-electron chi connectivity index (χ4n) is 2.58. The lowest BCUT2D eigenvalue weighted by atomic mass is 10.1. The minimum Gasteiger partial charge on any atom is -0.488 e. The van der Waals surface area contributed by atoms with Gasteiger partial charge in [0.1, 0.15) is 12.4 Å². The lowest BCUT2D eigenvalue weighted by Crippen LogP contribution is -2.26. The summed E-state index contributed by atoms with van der Waals surface area (Å²) in [5, 5.41) is 0. The molecule has 0 N–H and O–H groups in total. The van der Waals surface area contributed by atoms with Crippen LogP contribution in [0.15, 0.2) is 77.5 Å². The summed E-state index contributed by atoms with van der Waals surface area (Å²) in [6.45, 7) is 0.902. The largest absolute Gasteiger partial charge is 0.488 e. The molecule has 1 amide bonds. The molecular formula is C21H19BrN2O2. The number of ether oxygens (including phenoxy) is 1. The van der Waals surface area contributed by atoms with E-state index in [1.54, 1.807) is 30.4 Å². The molecule has 0 radical (unpaired) electrons. The Hall–Kier alpha value is -2.66. The highest BCUT2D eigenvalue weighted by atomic mass is 79.9. The third kappa shape index (κ3) is 4.49. The Morgan fingerprint density at radius 1 is 1.04 bits per heavy atom. The predicted molar refractivity (Wildman–Crippen MR) is 105 cm³/mol. The van der Waals surface area contributed by atoms with Crippen molar-refractivity contribution in [3.05, 3.63) is 94.2 Å². The fraction of sp³-hybridized carbons (Fsp3) is 0.143. The molecule has 132 valence electrons. The average molecular weight is 411 g/mol. The Balaban J connectivity index is 1.73. The van der Waals surface area contributed by atoms with Crippen LogP contribution in [0.4, 0.5) is 0 Å². The lowest BCUT2D eigenvalue weighted by Gasteiger charge is -2.19. The fourth-order valence-corrected chi connectivity index (χ4v) is 2.98. The summed E-state index contributed by atoms with van der Waals surface area (Å²) in [4.78, 5) is 18.5. The Morgan fingerprint density at radius 2 is 1.73 bits per heavy atom. The number of hydrogen-bond donors (Lipinski definition) is 0. The van der Waals surface area contributed by atoms with Crippen molar-refractivity contribution >= 4 is 21.8 Å². The normalized spacial score (nSPS) is 10.4. The molecule has 26 heavy (non-hydrogen) atoms. The molecule has 5 heteroatoms. The van der Waals surface area contributed by atoms with Crippen LogP contribution in [-0.2, 0) is 13.2 Å². The average Bonchev–Trinajstić information content (AvgIpc) is 2.68. The van der Waals surface area contributed by atoms with Crippen LogP contribution in [0.3, 0.4) is 0 Å². The first-order valence-corrected chi connectivity index (χ1v) is 9.04. The standard InChI is InChI=1S/C21H19BrN2O2/c1-24(14-16-10-12-23-13-11-16)21(25)18-7-3-5-9-20(18)26-15-17-6-2-4-8-19(17)22/h2-13H,14-15H2,1H3. The number of pyridine rings is 1. The van der Waals surface area contributed by atoms with Crippen LogP contribution in [0.25, 0.3) is 0 Å². The van der Waals surface area contributed by atoms with Crippen LogP contribution >= 0.6 is 15.9 Å². The molecule has 0 unspecified atom stereocenters. The van der Waals surface area contributed by atoms with E-state index in [4.69, 9.17) is 4.74 Å². The van der Waals surface area contributed by atoms with Crippen LogP contribution in [-0.4, -0.2) is 22.8 Å². The van der Waals surface area contributed by atoms with Crippen LogP contribution < -0.4 is 4.74 Å². The van der Waals surface area contributed by atoms with Gasteiger partial charge in [-0.2, -0.15) is 0 Å². The third-order valence-corrected chi connectivity index (χ3v) is 4.75. The summed E-state index contributed by atoms with van der Waals surface area (Å²) >= 11 is 3.52. The van der Waals surface area contributed by atoms with Gasteiger partial charge in [-0.3, -0.25) is 9.78 Å². The molecule has 3 aromatic rings. The zero-order valence-electron chi connectivity index (χ0n) is 14.4. The molecule has 0 bridgehead atoms. The smallest absolute Gasteiger partial charge is 0.257 e. The van der Waals surface area contributed by atoms with Gasteiger partial charge in [0, 0.05) is 36.0 Å². The van der Waals surface area contributed by atoms with Crippen molar-refractivity contribution in [2.75, 3.05) is 7.05 Å². The highest BCUT2D eigenvalue weighted by molar-refractivity contribution is 9.10. The summed E-state index contributed by atoms with van der Waals surface area (Å²) in [6.07, 6.45) is 3.45. The molecule has 0 saturated carbocycles. The Labute approximate surface area is 161 Å². The molecule has 0 spiro atoms. The van der Waals surface area contributed by atoms with E-state index < -0.39 is 0 Å². The lowest BCUT2D eigenvalue weighted by molar-refractivity contribution is 0.0780. The Bertz CT molecular complexity index is 884. The molecule has 0 aliphatic heterocycles. The van der Waals surface area contributed by atoms with Gasteiger partial charge in [0.15, 0.2) is 0 Å². The van der Waals surface area contributed by atoms with Crippen LogP contribution in [0, 0.1) is 0 Å². The molecule has 1 aromatic heterocycles. The maximum absolute atomic E-state index is 12.9. The number of aromatic nitrogens is 1. The number of benzene rings is 2. The van der Waals surface area contributed by atoms with Gasteiger partial charge >= 0.3 is 0 Å². The number of hydrogen-bond acceptors (Lipinski definition) is 3. The van der Waals surface area contributed by atoms with E-state index in [1.807, 2.05) is 54.6 Å². The summed E-state index contributed by atoms with van der Waals surface area (Å²) in [6, 6.07) is 19.0. The molecular weight excluding hydrogens is 392 g/mol. The van der Waals surface area contributed by atoms with Crippen molar-refractivity contribution in [3.8, 4) is 5.75 Å². The predicted octanol–water partition coefficient (Wildman–Crippen LogP) is 4.70. The molecule has 0 aliphatic carbocycles. The molecule has 0 fully saturated rings. The second kappa shape index (κ2) is 8.63. The second-order valence-electron chi connectivity index (χ2n) is 5.89. The van der Waals surface area contributed by atoms with Gasteiger partial charge in [-0.15, -0.1) is 0 Å². The number of nitrogens with zero attached hydrogens (tertiary/aromatic N) is 2. The minimum atomic E-state index is -0.0791. The van der Waals surface area contributed by atoms with Gasteiger partial charge in [0.25, 0.3) is 5.91 Å². The topological polar surface area (TPSA) is 42.4 Å². The second-order valence-corrected chi connectivity index (χ2v) is 6.75. The van der Waals surface area contributed by atoms with Gasteiger partial charge in [-0.1, -0.05) is 46.3 Å². The van der Waals surface area contributed by atoms with E-state index in [1.165, 1.54) is 0 Å². The molecule has 3 rings (SSSR count). The summed E-state index contributed by atoms with van der Waals surface area (Å²) in [5.41, 5.74) is 2.61. The van der Waals surface area contributed by atoms with E-state index in [9.17, 15) is 4.79 Å². The van der Waals surface area contributed by atoms with E-state index in [-0.39, 0.29) is 5.91 Å². The highest BCUT2D eigenvalue weighted by Gasteiger charge is 2.17. The molecule has 1 heterocycles. The third-order valence-electron chi connectivity index (χ3n) is 3.97. The molecule has 0 atom stereocenters. The van der Waals surface area contributed by atoms with Gasteiger partial charge < -0.3 is 9.64 Å². The summed E-state index contributed by atoms with van der Waals surface area (Å²) < 4.78 is 6.92. The minimum absolute atomic E-state index is 0.0791. The van der Waals surface area contributed by atoms with Crippen LogP contribution in [0.5, 0.6) is 5.75 Å². The number of halogens is 1. The number of carbonyl (C=O) groups is 1. The molecule has 0 aliphatic rings. The van der Waals surface area contributed by atoms with Crippen molar-refractivity contribution in [2.24, 2.45) is 0 Å². The van der Waals surface area contributed by atoms with E-state index in [0.29, 0.717) is 24.5 Å². The van der Waals surface area contributed by atoms with Crippen molar-refractivity contribution in [1.29, 1.82) is 0 Å². The van der Waals surface area contributed by atoms with E-state index in [0.717, 1.165) is 15.6 Å². The van der Waals surface area contributed by atoms with E-state index in [2.05, 4.69) is 20.9 Å². The van der Waals surface area contributed by atoms with Gasteiger partial charge in [-0.05, 0) is 35.9 Å². The first-order valence-electron chi connectivity index (χ1n) is 8.25. The Morgan fingerprint density at radius 3 is 2.50 bits per heavy atom. The van der Waals surface area contributed by atoms with Gasteiger partial charge in [-0.25, -0.2) is 0 Å². The monoisotopic (exact) mass is 410 g/mol. The Kier molecular flexibility index (Phi) is 6.02. The van der Waals surface area contributed by atoms with Crippen molar-refractivity contribution in [2.45, 2.75) is 13.2 Å². The van der Waals surface area contributed by atoms with Crippen LogP contribution in [0.2, 0.25) is 0 Å². The molecule has 4 nitrogen and oxygen atoms in total. The number of carbonyl (C=O) groups excluding carboxylic acids is 1. The summed E-state index contributed by atoms with van der Waals surface area (Å²) in [7, 11) is 1.79. The summed E-state index contributed by atoms with van der Waals surface area (Å²) in [5.74, 6) is 0.499. The van der Waals surface area contributed by atoms with Crippen molar-refractivity contribution < 1.29 is 9.53 Å². The van der Waals surface area contributed by atoms with Crippen molar-refractivity contribution in [1.82, 2.24) is 9.88 Å². The first kappa shape index (κ1) is 18.1. The zero-order chi connectivity index (χ0) is 18.4. The number of amides is 1. The number of para-hydroxylation sites is 1. The maximum atomic E-state index is 12.9. The first-order chi connectivity index (χ1) is 12.6. The number of rotatable bonds is 6. The quantitative estimate of drug-likeness (QED) is 0.591.